The molecule has 1 unspecified atom stereocenters. The average molecular weight is 593 g/mol. The third-order valence-corrected chi connectivity index (χ3v) is 9.88. The van der Waals surface area contributed by atoms with Gasteiger partial charge in [0, 0.05) is 0 Å². The van der Waals surface area contributed by atoms with Gasteiger partial charge in [-0.15, -0.1) is 34.1 Å². The van der Waals surface area contributed by atoms with Crippen LogP contribution >= 0.6 is 34.1 Å². The van der Waals surface area contributed by atoms with E-state index in [1.165, 1.54) is 121 Å². The summed E-state index contributed by atoms with van der Waals surface area (Å²) in [5.74, 6) is 0. The van der Waals surface area contributed by atoms with Gasteiger partial charge in [-0.25, -0.2) is 0 Å². The van der Waals surface area contributed by atoms with E-state index in [-0.39, 0.29) is 23.1 Å². The molecule has 0 fully saturated rings. The van der Waals surface area contributed by atoms with Crippen LogP contribution in [0.5, 0.6) is 0 Å². The molecule has 0 amide bonds. The van der Waals surface area contributed by atoms with Crippen molar-refractivity contribution in [2.24, 2.45) is 0 Å². The van der Waals surface area contributed by atoms with Crippen molar-refractivity contribution in [3.05, 3.63) is 35.9 Å². The van der Waals surface area contributed by atoms with Crippen molar-refractivity contribution in [1.82, 2.24) is 6.15 Å². The van der Waals surface area contributed by atoms with Crippen LogP contribution in [0.2, 0.25) is 0 Å². The lowest BCUT2D eigenvalue weighted by Gasteiger charge is -2.18. The standard InChI is InChI=1S/C24H51P.C7H9P.BrH.H3N/c1-4-7-10-13-16-19-22-25(23-20-17-14-11-8-5-2)24-21-18-15-12-9-6-3;8-6-7-4-2-1-3-5-7;;/h4-24H2,1-3H3;1-5H,6,8H2;1H;1H3. The van der Waals surface area contributed by atoms with Gasteiger partial charge in [0.2, 0.25) is 0 Å². The molecule has 1 atom stereocenters. The van der Waals surface area contributed by atoms with Crippen molar-refractivity contribution < 1.29 is 0 Å². The number of hydrogen-bond donors (Lipinski definition) is 1. The van der Waals surface area contributed by atoms with Crippen LogP contribution in [0.25, 0.3) is 0 Å². The molecule has 0 saturated carbocycles. The Kier molecular flexibility index (Phi) is 39.5. The van der Waals surface area contributed by atoms with E-state index >= 15 is 0 Å². The highest BCUT2D eigenvalue weighted by molar-refractivity contribution is 8.93. The molecule has 1 nitrogen and oxygen atoms in total. The van der Waals surface area contributed by atoms with E-state index in [4.69, 9.17) is 0 Å². The smallest absolute Gasteiger partial charge is 0.0128 e. The molecule has 0 aliphatic carbocycles. The molecule has 0 heterocycles. The van der Waals surface area contributed by atoms with E-state index in [0.717, 1.165) is 6.16 Å². The number of halogens is 1. The van der Waals surface area contributed by atoms with Crippen molar-refractivity contribution in [3.8, 4) is 0 Å². The van der Waals surface area contributed by atoms with Gasteiger partial charge in [0.15, 0.2) is 0 Å². The van der Waals surface area contributed by atoms with Crippen LogP contribution in [0, 0.1) is 0 Å². The van der Waals surface area contributed by atoms with Crippen LogP contribution < -0.4 is 6.15 Å². The lowest BCUT2D eigenvalue weighted by Crippen LogP contribution is -1.97. The fourth-order valence-electron chi connectivity index (χ4n) is 4.30. The maximum Gasteiger partial charge on any atom is -0.0128 e. The highest BCUT2D eigenvalue weighted by atomic mass is 79.9. The molecular weight excluding hydrogens is 528 g/mol. The van der Waals surface area contributed by atoms with Crippen LogP contribution in [-0.2, 0) is 6.16 Å². The Hall–Kier alpha value is 0.520. The summed E-state index contributed by atoms with van der Waals surface area (Å²) < 4.78 is 0. The predicted molar refractivity (Wildman–Crippen MR) is 177 cm³/mol. The van der Waals surface area contributed by atoms with E-state index in [1.807, 2.05) is 6.07 Å². The summed E-state index contributed by atoms with van der Waals surface area (Å²) >= 11 is 0. The summed E-state index contributed by atoms with van der Waals surface area (Å²) in [6, 6.07) is 10.4. The molecule has 0 radical (unpaired) electrons. The maximum atomic E-state index is 2.69. The molecule has 0 aromatic heterocycles. The van der Waals surface area contributed by atoms with Gasteiger partial charge >= 0.3 is 0 Å². The van der Waals surface area contributed by atoms with Crippen molar-refractivity contribution in [2.75, 3.05) is 18.5 Å². The van der Waals surface area contributed by atoms with Crippen LogP contribution in [0.4, 0.5) is 0 Å². The maximum absolute atomic E-state index is 2.69. The lowest BCUT2D eigenvalue weighted by molar-refractivity contribution is 0.617. The number of benzene rings is 1. The minimum Gasteiger partial charge on any atom is -0.344 e. The lowest BCUT2D eigenvalue weighted by atomic mass is 10.1. The quantitative estimate of drug-likeness (QED) is 0.105. The molecule has 210 valence electrons. The van der Waals surface area contributed by atoms with Gasteiger partial charge < -0.3 is 6.15 Å². The minimum absolute atomic E-state index is 0. The number of unbranched alkanes of at least 4 members (excludes halogenated alkanes) is 15. The van der Waals surface area contributed by atoms with E-state index in [9.17, 15) is 0 Å². The summed E-state index contributed by atoms with van der Waals surface area (Å²) in [7, 11) is 3.06. The zero-order valence-electron chi connectivity index (χ0n) is 24.1. The first kappa shape index (κ1) is 40.0. The Morgan fingerprint density at radius 1 is 0.514 bits per heavy atom. The van der Waals surface area contributed by atoms with Crippen LogP contribution in [0.3, 0.4) is 0 Å². The monoisotopic (exact) mass is 591 g/mol. The largest absolute Gasteiger partial charge is 0.344 e. The highest BCUT2D eigenvalue weighted by Gasteiger charge is 2.07. The van der Waals surface area contributed by atoms with E-state index in [0.29, 0.717) is 7.92 Å². The van der Waals surface area contributed by atoms with Gasteiger partial charge in [-0.1, -0.05) is 147 Å². The van der Waals surface area contributed by atoms with Crippen LogP contribution in [0.1, 0.15) is 142 Å². The number of rotatable bonds is 22. The van der Waals surface area contributed by atoms with Gasteiger partial charge in [0.1, 0.15) is 0 Å². The van der Waals surface area contributed by atoms with Crippen molar-refractivity contribution in [2.45, 2.75) is 143 Å². The fraction of sp³-hybridized carbons (Fsp3) is 0.806. The molecule has 0 aliphatic heterocycles. The Labute approximate surface area is 236 Å². The summed E-state index contributed by atoms with van der Waals surface area (Å²) in [4.78, 5) is 0. The van der Waals surface area contributed by atoms with Crippen molar-refractivity contribution >= 4 is 34.1 Å². The Balaban J connectivity index is -0.000000863. The molecule has 0 saturated heterocycles. The van der Waals surface area contributed by atoms with E-state index in [2.05, 4.69) is 54.3 Å². The minimum atomic E-state index is 0. The molecule has 1 rings (SSSR count). The molecular formula is C31H64BrNP2. The summed E-state index contributed by atoms with van der Waals surface area (Å²) in [6.07, 6.45) is 32.3. The number of hydrogen-bond acceptors (Lipinski definition) is 1. The molecule has 0 bridgehead atoms. The molecule has 3 N–H and O–H groups in total. The first-order valence-corrected chi connectivity index (χ1v) is 17.5. The second-order valence-corrected chi connectivity index (χ2v) is 12.9. The molecule has 35 heavy (non-hydrogen) atoms. The van der Waals surface area contributed by atoms with Gasteiger partial charge in [-0.2, -0.15) is 0 Å². The Bertz CT molecular complexity index is 434. The zero-order valence-corrected chi connectivity index (χ0v) is 27.8. The molecule has 1 aromatic carbocycles. The average Bonchev–Trinajstić information content (AvgIpc) is 2.85. The Morgan fingerprint density at radius 2 is 0.829 bits per heavy atom. The summed E-state index contributed by atoms with van der Waals surface area (Å²) in [5, 5.41) is 0. The predicted octanol–water partition coefficient (Wildman–Crippen LogP) is 12.4. The highest BCUT2D eigenvalue weighted by Crippen LogP contribution is 2.39. The van der Waals surface area contributed by atoms with Gasteiger partial charge in [-0.05, 0) is 49.5 Å². The van der Waals surface area contributed by atoms with Crippen molar-refractivity contribution in [3.63, 3.8) is 0 Å². The third-order valence-electron chi connectivity index (χ3n) is 6.56. The van der Waals surface area contributed by atoms with Crippen LogP contribution in [0.15, 0.2) is 30.3 Å². The summed E-state index contributed by atoms with van der Waals surface area (Å²) in [5.41, 5.74) is 1.37. The SMILES string of the molecule is Br.CCCCCCCCP(CCCCCCCC)CCCCCCCC.N.PCc1ccccc1. The van der Waals surface area contributed by atoms with Crippen molar-refractivity contribution in [1.29, 1.82) is 0 Å². The molecule has 4 heteroatoms. The zero-order chi connectivity index (χ0) is 24.2. The first-order chi connectivity index (χ1) is 16.3. The van der Waals surface area contributed by atoms with E-state index in [1.54, 1.807) is 18.5 Å². The molecule has 0 aliphatic rings. The third kappa shape index (κ3) is 30.6. The second-order valence-electron chi connectivity index (χ2n) is 9.83. The second kappa shape index (κ2) is 34.5. The summed E-state index contributed by atoms with van der Waals surface area (Å²) in [6.45, 7) is 6.96. The van der Waals surface area contributed by atoms with Crippen LogP contribution in [-0.4, -0.2) is 18.5 Å². The fourth-order valence-corrected chi connectivity index (χ4v) is 7.25. The first-order valence-electron chi connectivity index (χ1n) is 14.7. The van der Waals surface area contributed by atoms with Gasteiger partial charge in [0.25, 0.3) is 0 Å². The van der Waals surface area contributed by atoms with E-state index < -0.39 is 0 Å². The van der Waals surface area contributed by atoms with Gasteiger partial charge in [0.05, 0.1) is 0 Å². The normalized spacial score (nSPS) is 10.3. The Morgan fingerprint density at radius 3 is 1.11 bits per heavy atom. The molecule has 0 spiro atoms. The topological polar surface area (TPSA) is 35.0 Å². The van der Waals surface area contributed by atoms with Gasteiger partial charge in [-0.3, -0.25) is 0 Å². The molecule has 1 aromatic rings.